The van der Waals surface area contributed by atoms with Gasteiger partial charge in [0.25, 0.3) is 0 Å². The lowest BCUT2D eigenvalue weighted by atomic mass is 10.1. The van der Waals surface area contributed by atoms with Gasteiger partial charge < -0.3 is 0 Å². The number of hydrogen-bond acceptors (Lipinski definition) is 3. The monoisotopic (exact) mass is 334 g/mol. The number of aromatic nitrogens is 4. The summed E-state index contributed by atoms with van der Waals surface area (Å²) in [4.78, 5) is 0. The quantitative estimate of drug-likeness (QED) is 0.531. The van der Waals surface area contributed by atoms with Crippen molar-refractivity contribution in [2.45, 2.75) is 13.8 Å². The van der Waals surface area contributed by atoms with Crippen molar-refractivity contribution < 1.29 is 0 Å². The highest BCUT2D eigenvalue weighted by atomic mass is 35.5. The fourth-order valence-electron chi connectivity index (χ4n) is 2.69. The van der Waals surface area contributed by atoms with E-state index in [1.807, 2.05) is 42.1 Å². The average molecular weight is 335 g/mol. The zero-order valence-corrected chi connectivity index (χ0v) is 14.1. The number of aryl methyl sites for hydroxylation is 2. The zero-order valence-electron chi connectivity index (χ0n) is 13.4. The third kappa shape index (κ3) is 2.55. The maximum atomic E-state index is 5.99. The highest BCUT2D eigenvalue weighted by molar-refractivity contribution is 6.30. The highest BCUT2D eigenvalue weighted by Crippen LogP contribution is 2.28. The van der Waals surface area contributed by atoms with Gasteiger partial charge in [0.05, 0.1) is 16.8 Å². The third-order valence-electron chi connectivity index (χ3n) is 4.03. The van der Waals surface area contributed by atoms with Crippen molar-refractivity contribution >= 4 is 22.5 Å². The minimum absolute atomic E-state index is 0.699. The van der Waals surface area contributed by atoms with Crippen molar-refractivity contribution in [1.82, 2.24) is 20.0 Å². The molecule has 0 unspecified atom stereocenters. The molecule has 2 heterocycles. The van der Waals surface area contributed by atoms with Gasteiger partial charge >= 0.3 is 0 Å². The van der Waals surface area contributed by atoms with E-state index in [1.165, 1.54) is 5.56 Å². The molecule has 118 valence electrons. The van der Waals surface area contributed by atoms with Crippen LogP contribution in [0.4, 0.5) is 0 Å². The van der Waals surface area contributed by atoms with Gasteiger partial charge in [0.2, 0.25) is 0 Å². The van der Waals surface area contributed by atoms with Gasteiger partial charge in [-0.25, -0.2) is 4.68 Å². The van der Waals surface area contributed by atoms with Crippen molar-refractivity contribution in [2.75, 3.05) is 0 Å². The van der Waals surface area contributed by atoms with Gasteiger partial charge in [0.1, 0.15) is 11.2 Å². The van der Waals surface area contributed by atoms with E-state index in [0.29, 0.717) is 5.02 Å². The summed E-state index contributed by atoms with van der Waals surface area (Å²) in [5.74, 6) is 0. The van der Waals surface area contributed by atoms with Crippen LogP contribution in [0.1, 0.15) is 11.3 Å². The minimum atomic E-state index is 0.699. The summed E-state index contributed by atoms with van der Waals surface area (Å²) in [6.45, 7) is 3.99. The van der Waals surface area contributed by atoms with Crippen LogP contribution in [-0.2, 0) is 0 Å². The van der Waals surface area contributed by atoms with E-state index < -0.39 is 0 Å². The Morgan fingerprint density at radius 3 is 2.29 bits per heavy atom. The SMILES string of the molecule is Cc1ccc(-n2cc3c(-c4ccc(Cl)cc4)nnc(C)c3n2)cc1. The Morgan fingerprint density at radius 2 is 1.58 bits per heavy atom. The van der Waals surface area contributed by atoms with Gasteiger partial charge in [-0.05, 0) is 38.1 Å². The van der Waals surface area contributed by atoms with E-state index in [-0.39, 0.29) is 0 Å². The Balaban J connectivity index is 1.92. The molecule has 0 bridgehead atoms. The summed E-state index contributed by atoms with van der Waals surface area (Å²) < 4.78 is 1.87. The second-order valence-corrected chi connectivity index (χ2v) is 6.25. The van der Waals surface area contributed by atoms with E-state index in [1.54, 1.807) is 0 Å². The predicted octanol–water partition coefficient (Wildman–Crippen LogP) is 4.75. The largest absolute Gasteiger partial charge is 0.240 e. The Kier molecular flexibility index (Phi) is 3.54. The van der Waals surface area contributed by atoms with E-state index in [9.17, 15) is 0 Å². The van der Waals surface area contributed by atoms with Gasteiger partial charge in [-0.2, -0.15) is 10.2 Å². The number of hydrogen-bond donors (Lipinski definition) is 0. The topological polar surface area (TPSA) is 43.6 Å². The molecule has 0 spiro atoms. The van der Waals surface area contributed by atoms with Crippen LogP contribution in [-0.4, -0.2) is 20.0 Å². The van der Waals surface area contributed by atoms with E-state index >= 15 is 0 Å². The maximum Gasteiger partial charge on any atom is 0.118 e. The van der Waals surface area contributed by atoms with Gasteiger partial charge in [-0.3, -0.25) is 0 Å². The van der Waals surface area contributed by atoms with Crippen LogP contribution >= 0.6 is 11.6 Å². The first-order valence-corrected chi connectivity index (χ1v) is 8.05. The highest BCUT2D eigenvalue weighted by Gasteiger charge is 2.13. The van der Waals surface area contributed by atoms with Crippen molar-refractivity contribution in [3.8, 4) is 16.9 Å². The molecule has 24 heavy (non-hydrogen) atoms. The molecular formula is C19H15ClN4. The number of nitrogens with zero attached hydrogens (tertiary/aromatic N) is 4. The predicted molar refractivity (Wildman–Crippen MR) is 96.6 cm³/mol. The van der Waals surface area contributed by atoms with Crippen LogP contribution in [0.15, 0.2) is 54.7 Å². The fraction of sp³-hybridized carbons (Fsp3) is 0.105. The van der Waals surface area contributed by atoms with Crippen LogP contribution < -0.4 is 0 Å². The Bertz CT molecular complexity index is 1020. The standard InChI is InChI=1S/C19H15ClN4/c1-12-3-9-16(10-4-12)24-11-17-18(23-24)13(2)21-22-19(17)14-5-7-15(20)8-6-14/h3-11H,1-2H3. The third-order valence-corrected chi connectivity index (χ3v) is 4.28. The van der Waals surface area contributed by atoms with Crippen LogP contribution in [0.2, 0.25) is 5.02 Å². The summed E-state index contributed by atoms with van der Waals surface area (Å²) in [6.07, 6.45) is 2.01. The first kappa shape index (κ1) is 14.8. The van der Waals surface area contributed by atoms with Gasteiger partial charge in [0.15, 0.2) is 0 Å². The molecule has 0 aliphatic heterocycles. The molecule has 5 heteroatoms. The molecule has 2 aromatic heterocycles. The van der Waals surface area contributed by atoms with Crippen LogP contribution in [0.25, 0.3) is 27.8 Å². The first-order valence-electron chi connectivity index (χ1n) is 7.67. The van der Waals surface area contributed by atoms with Crippen molar-refractivity contribution in [3.05, 3.63) is 71.0 Å². The Labute approximate surface area is 144 Å². The lowest BCUT2D eigenvalue weighted by molar-refractivity contribution is 0.890. The smallest absolute Gasteiger partial charge is 0.118 e. The lowest BCUT2D eigenvalue weighted by Gasteiger charge is -2.02. The molecule has 0 amide bonds. The number of fused-ring (bicyclic) bond motifs is 1. The molecule has 0 saturated carbocycles. The molecule has 0 aliphatic carbocycles. The zero-order chi connectivity index (χ0) is 16.7. The van der Waals surface area contributed by atoms with Crippen LogP contribution in [0, 0.1) is 13.8 Å². The summed E-state index contributed by atoms with van der Waals surface area (Å²) in [6, 6.07) is 15.9. The first-order chi connectivity index (χ1) is 11.6. The molecule has 4 aromatic rings. The lowest BCUT2D eigenvalue weighted by Crippen LogP contribution is -1.94. The molecule has 0 N–H and O–H groups in total. The van der Waals surface area contributed by atoms with Crippen molar-refractivity contribution in [1.29, 1.82) is 0 Å². The van der Waals surface area contributed by atoms with Crippen LogP contribution in [0.5, 0.6) is 0 Å². The molecule has 2 aromatic carbocycles. The minimum Gasteiger partial charge on any atom is -0.240 e. The molecule has 4 rings (SSSR count). The Hall–Kier alpha value is -2.72. The second kappa shape index (κ2) is 5.73. The van der Waals surface area contributed by atoms with Gasteiger partial charge in [-0.1, -0.05) is 41.4 Å². The second-order valence-electron chi connectivity index (χ2n) is 5.81. The summed E-state index contributed by atoms with van der Waals surface area (Å²) >= 11 is 5.99. The average Bonchev–Trinajstić information content (AvgIpc) is 3.03. The van der Waals surface area contributed by atoms with Crippen molar-refractivity contribution in [3.63, 3.8) is 0 Å². The van der Waals surface area contributed by atoms with E-state index in [0.717, 1.165) is 33.5 Å². The fourth-order valence-corrected chi connectivity index (χ4v) is 2.82. The van der Waals surface area contributed by atoms with Crippen molar-refractivity contribution in [2.24, 2.45) is 0 Å². The number of benzene rings is 2. The van der Waals surface area contributed by atoms with Crippen LogP contribution in [0.3, 0.4) is 0 Å². The Morgan fingerprint density at radius 1 is 0.875 bits per heavy atom. The molecule has 4 nitrogen and oxygen atoms in total. The molecule has 0 atom stereocenters. The molecular weight excluding hydrogens is 320 g/mol. The number of halogens is 1. The molecule has 0 saturated heterocycles. The van der Waals surface area contributed by atoms with Gasteiger partial charge in [0, 0.05) is 16.8 Å². The van der Waals surface area contributed by atoms with Gasteiger partial charge in [-0.15, -0.1) is 5.10 Å². The molecule has 0 radical (unpaired) electrons. The summed E-state index contributed by atoms with van der Waals surface area (Å²) in [7, 11) is 0. The summed E-state index contributed by atoms with van der Waals surface area (Å²) in [5, 5.41) is 15.0. The summed E-state index contributed by atoms with van der Waals surface area (Å²) in [5.41, 5.74) is 5.69. The molecule has 0 fully saturated rings. The normalized spacial score (nSPS) is 11.1. The number of rotatable bonds is 2. The maximum absolute atomic E-state index is 5.99. The molecule has 0 aliphatic rings. The van der Waals surface area contributed by atoms with E-state index in [4.69, 9.17) is 16.7 Å². The van der Waals surface area contributed by atoms with E-state index in [2.05, 4.69) is 41.4 Å².